The molecule has 0 aliphatic rings. The average molecular weight is 477 g/mol. The van der Waals surface area contributed by atoms with Gasteiger partial charge in [-0.2, -0.15) is 36.1 Å². The molecule has 170 valence electrons. The average Bonchev–Trinajstić information content (AvgIpc) is 3.24. The summed E-state index contributed by atoms with van der Waals surface area (Å²) in [4.78, 5) is 7.85. The second-order valence-electron chi connectivity index (χ2n) is 6.89. The summed E-state index contributed by atoms with van der Waals surface area (Å²) in [6, 6.07) is 3.23. The lowest BCUT2D eigenvalue weighted by molar-refractivity contribution is -0.138. The number of nitrogens with zero attached hydrogens (tertiary/aromatic N) is 5. The van der Waals surface area contributed by atoms with Crippen LogP contribution in [-0.4, -0.2) is 38.5 Å². The lowest BCUT2D eigenvalue weighted by Gasteiger charge is -2.07. The van der Waals surface area contributed by atoms with Gasteiger partial charge in [-0.05, 0) is 24.3 Å². The summed E-state index contributed by atoms with van der Waals surface area (Å²) in [6.45, 7) is 1.31. The number of imidazole rings is 1. The summed E-state index contributed by atoms with van der Waals surface area (Å²) in [7, 11) is -2.63. The number of halogens is 6. The predicted octanol–water partition coefficient (Wildman–Crippen LogP) is 4.14. The van der Waals surface area contributed by atoms with E-state index >= 15 is 0 Å². The van der Waals surface area contributed by atoms with Gasteiger partial charge in [-0.25, -0.2) is 18.4 Å². The van der Waals surface area contributed by atoms with Crippen molar-refractivity contribution in [3.63, 3.8) is 0 Å². The number of sulfone groups is 1. The molecule has 0 radical (unpaired) electrons. The monoisotopic (exact) mass is 477 g/mol. The van der Waals surface area contributed by atoms with Gasteiger partial charge in [0, 0.05) is 18.6 Å². The van der Waals surface area contributed by atoms with E-state index < -0.39 is 44.1 Å². The first-order valence-electron chi connectivity index (χ1n) is 8.97. The molecule has 0 N–H and O–H groups in total. The minimum absolute atomic E-state index is 0.0144. The molecular formula is C18H13F6N5O2S. The van der Waals surface area contributed by atoms with Crippen LogP contribution in [0.3, 0.4) is 0 Å². The van der Waals surface area contributed by atoms with E-state index in [0.29, 0.717) is 12.3 Å². The Hall–Kier alpha value is -3.16. The number of fused-ring (bicyclic) bond motifs is 2. The second kappa shape index (κ2) is 6.92. The van der Waals surface area contributed by atoms with Crippen molar-refractivity contribution in [2.75, 3.05) is 5.75 Å². The van der Waals surface area contributed by atoms with Gasteiger partial charge in [0.2, 0.25) is 5.95 Å². The SMILES string of the molecule is CCS(=O)(=O)c1nn(-c2nc3cc(C(F)(F)F)cnc3n2C)c2ccc(C(F)(F)F)cc12. The molecule has 0 bridgehead atoms. The van der Waals surface area contributed by atoms with Gasteiger partial charge in [-0.1, -0.05) is 6.92 Å². The third-order valence-corrected chi connectivity index (χ3v) is 6.50. The Labute approximate surface area is 176 Å². The van der Waals surface area contributed by atoms with Crippen molar-refractivity contribution in [3.8, 4) is 5.95 Å². The van der Waals surface area contributed by atoms with Crippen LogP contribution >= 0.6 is 0 Å². The third-order valence-electron chi connectivity index (χ3n) is 4.85. The fourth-order valence-corrected chi connectivity index (χ4v) is 4.17. The molecule has 0 aliphatic carbocycles. The number of hydrogen-bond acceptors (Lipinski definition) is 5. The molecule has 4 aromatic rings. The highest BCUT2D eigenvalue weighted by Crippen LogP contribution is 2.35. The van der Waals surface area contributed by atoms with E-state index in [4.69, 9.17) is 0 Å². The highest BCUT2D eigenvalue weighted by molar-refractivity contribution is 7.91. The lowest BCUT2D eigenvalue weighted by Crippen LogP contribution is -2.08. The fraction of sp³-hybridized carbons (Fsp3) is 0.278. The molecule has 0 amide bonds. The molecule has 0 atom stereocenters. The summed E-state index contributed by atoms with van der Waals surface area (Å²) in [6.07, 6.45) is -8.76. The molecule has 0 saturated carbocycles. The smallest absolute Gasteiger partial charge is 0.296 e. The van der Waals surface area contributed by atoms with Crippen molar-refractivity contribution in [2.24, 2.45) is 7.05 Å². The van der Waals surface area contributed by atoms with Crippen molar-refractivity contribution in [1.29, 1.82) is 0 Å². The lowest BCUT2D eigenvalue weighted by atomic mass is 10.1. The molecular weight excluding hydrogens is 464 g/mol. The number of benzene rings is 1. The molecule has 3 heterocycles. The maximum atomic E-state index is 13.2. The largest absolute Gasteiger partial charge is 0.417 e. The maximum absolute atomic E-state index is 13.2. The fourth-order valence-electron chi connectivity index (χ4n) is 3.19. The zero-order valence-corrected chi connectivity index (χ0v) is 17.1. The Kier molecular flexibility index (Phi) is 4.77. The Bertz CT molecular complexity index is 1470. The van der Waals surface area contributed by atoms with E-state index in [2.05, 4.69) is 15.1 Å². The zero-order valence-electron chi connectivity index (χ0n) is 16.3. The predicted molar refractivity (Wildman–Crippen MR) is 101 cm³/mol. The van der Waals surface area contributed by atoms with Crippen molar-refractivity contribution in [1.82, 2.24) is 24.3 Å². The molecule has 14 heteroatoms. The van der Waals surface area contributed by atoms with E-state index in [1.54, 1.807) is 0 Å². The van der Waals surface area contributed by atoms with E-state index in [-0.39, 0.29) is 28.0 Å². The van der Waals surface area contributed by atoms with Gasteiger partial charge in [0.25, 0.3) is 0 Å². The first-order valence-corrected chi connectivity index (χ1v) is 10.6. The van der Waals surface area contributed by atoms with Crippen LogP contribution in [0.5, 0.6) is 0 Å². The summed E-state index contributed by atoms with van der Waals surface area (Å²) >= 11 is 0. The highest BCUT2D eigenvalue weighted by Gasteiger charge is 2.34. The number of rotatable bonds is 3. The van der Waals surface area contributed by atoms with Crippen LogP contribution < -0.4 is 0 Å². The van der Waals surface area contributed by atoms with Gasteiger partial charge in [0.15, 0.2) is 20.5 Å². The zero-order chi connectivity index (χ0) is 23.6. The molecule has 32 heavy (non-hydrogen) atoms. The highest BCUT2D eigenvalue weighted by atomic mass is 32.2. The summed E-state index contributed by atoms with van der Waals surface area (Å²) < 4.78 is 106. The first kappa shape index (κ1) is 22.0. The van der Waals surface area contributed by atoms with E-state index in [0.717, 1.165) is 22.9 Å². The molecule has 0 spiro atoms. The Morgan fingerprint density at radius 3 is 2.25 bits per heavy atom. The molecule has 1 aromatic carbocycles. The molecule has 0 unspecified atom stereocenters. The van der Waals surface area contributed by atoms with Crippen molar-refractivity contribution >= 4 is 31.9 Å². The molecule has 3 aromatic heterocycles. The molecule has 0 saturated heterocycles. The number of pyridine rings is 1. The quantitative estimate of drug-likeness (QED) is 0.415. The molecule has 7 nitrogen and oxygen atoms in total. The van der Waals surface area contributed by atoms with Crippen LogP contribution in [0.2, 0.25) is 0 Å². The van der Waals surface area contributed by atoms with Crippen molar-refractivity contribution < 1.29 is 34.8 Å². The van der Waals surface area contributed by atoms with Gasteiger partial charge >= 0.3 is 12.4 Å². The van der Waals surface area contributed by atoms with Gasteiger partial charge in [0.05, 0.1) is 22.4 Å². The van der Waals surface area contributed by atoms with E-state index in [9.17, 15) is 34.8 Å². The third kappa shape index (κ3) is 3.47. The normalized spacial score (nSPS) is 13.4. The summed E-state index contributed by atoms with van der Waals surface area (Å²) in [5.74, 6) is -0.539. The topological polar surface area (TPSA) is 82.7 Å². The van der Waals surface area contributed by atoms with Crippen molar-refractivity contribution in [2.45, 2.75) is 24.3 Å². The maximum Gasteiger partial charge on any atom is 0.417 e. The van der Waals surface area contributed by atoms with Crippen LogP contribution in [0.25, 0.3) is 28.0 Å². The molecule has 0 fully saturated rings. The van der Waals surface area contributed by atoms with Crippen LogP contribution in [0, 0.1) is 0 Å². The van der Waals surface area contributed by atoms with Crippen LogP contribution in [0.1, 0.15) is 18.1 Å². The van der Waals surface area contributed by atoms with Gasteiger partial charge in [-0.15, -0.1) is 0 Å². The van der Waals surface area contributed by atoms with Crippen LogP contribution in [0.4, 0.5) is 26.3 Å². The summed E-state index contributed by atoms with van der Waals surface area (Å²) in [5.41, 5.74) is -2.22. The Morgan fingerprint density at radius 2 is 1.66 bits per heavy atom. The van der Waals surface area contributed by atoms with Gasteiger partial charge < -0.3 is 0 Å². The van der Waals surface area contributed by atoms with Crippen molar-refractivity contribution in [3.05, 3.63) is 41.6 Å². The van der Waals surface area contributed by atoms with Crippen LogP contribution in [0.15, 0.2) is 35.5 Å². The van der Waals surface area contributed by atoms with Gasteiger partial charge in [-0.3, -0.25) is 4.57 Å². The molecule has 0 aliphatic heterocycles. The summed E-state index contributed by atoms with van der Waals surface area (Å²) in [5, 5.41) is 3.11. The standard InChI is InChI=1S/C18H13F6N5O2S/c1-3-32(30,31)15-11-6-9(17(19,20)21)4-5-13(11)29(27-15)16-26-12-7-10(18(22,23)24)8-25-14(12)28(16)2/h4-8H,3H2,1-2H3. The molecule has 4 rings (SSSR count). The van der Waals surface area contributed by atoms with Gasteiger partial charge in [0.1, 0.15) is 5.52 Å². The second-order valence-corrected chi connectivity index (χ2v) is 9.08. The minimum Gasteiger partial charge on any atom is -0.296 e. The Morgan fingerprint density at radius 1 is 1.00 bits per heavy atom. The first-order chi connectivity index (χ1) is 14.7. The number of alkyl halides is 6. The van der Waals surface area contributed by atoms with E-state index in [1.807, 2.05) is 0 Å². The Balaban J connectivity index is 2.03. The number of aromatic nitrogens is 5. The van der Waals surface area contributed by atoms with Crippen LogP contribution in [-0.2, 0) is 29.2 Å². The number of aryl methyl sites for hydroxylation is 1. The number of hydrogen-bond donors (Lipinski definition) is 0. The van der Waals surface area contributed by atoms with E-state index in [1.165, 1.54) is 18.5 Å². The minimum atomic E-state index is -4.72.